The number of nitrogens with zero attached hydrogens (tertiary/aromatic N) is 1. The van der Waals surface area contributed by atoms with E-state index in [4.69, 9.17) is 5.73 Å². The zero-order valence-corrected chi connectivity index (χ0v) is 13.2. The molecule has 0 bridgehead atoms. The first kappa shape index (κ1) is 14.3. The van der Waals surface area contributed by atoms with Crippen LogP contribution in [0, 0.1) is 11.8 Å². The molecule has 0 radical (unpaired) electrons. The highest BCUT2D eigenvalue weighted by Gasteiger charge is 2.42. The van der Waals surface area contributed by atoms with Gasteiger partial charge in [0, 0.05) is 25.6 Å². The minimum Gasteiger partial charge on any atom is -0.342 e. The fourth-order valence-corrected chi connectivity index (χ4v) is 4.92. The zero-order valence-electron chi connectivity index (χ0n) is 13.2. The number of hydrogen-bond donors (Lipinski definition) is 1. The molecule has 1 aromatic carbocycles. The monoisotopic (exact) mass is 298 g/mol. The van der Waals surface area contributed by atoms with Crippen LogP contribution in [-0.2, 0) is 11.2 Å². The number of benzene rings is 1. The normalized spacial score (nSPS) is 33.6. The summed E-state index contributed by atoms with van der Waals surface area (Å²) in [5.74, 6) is 2.00. The molecule has 1 aliphatic heterocycles. The number of likely N-dealkylation sites (tertiary alicyclic amines) is 1. The van der Waals surface area contributed by atoms with E-state index in [-0.39, 0.29) is 0 Å². The number of nitrogens with two attached hydrogens (primary N) is 1. The molecule has 4 unspecified atom stereocenters. The third kappa shape index (κ3) is 2.45. The van der Waals surface area contributed by atoms with E-state index in [0.29, 0.717) is 36.1 Å². The maximum atomic E-state index is 12.7. The Bertz CT molecular complexity index is 570. The van der Waals surface area contributed by atoms with Gasteiger partial charge >= 0.3 is 0 Å². The van der Waals surface area contributed by atoms with Crippen molar-refractivity contribution in [2.24, 2.45) is 17.6 Å². The standard InChI is InChI=1S/C19H26N2O/c20-18-9-8-15-11-21(12-17(15)18)19(22)10-14-6-3-5-13-4-1-2-7-16(13)14/h1-2,4,7,14-15,17-18H,3,5-6,8-12,20H2. The van der Waals surface area contributed by atoms with Crippen molar-refractivity contribution in [3.8, 4) is 0 Å². The van der Waals surface area contributed by atoms with Crippen LogP contribution >= 0.6 is 0 Å². The molecule has 3 nitrogen and oxygen atoms in total. The van der Waals surface area contributed by atoms with E-state index in [2.05, 4.69) is 29.2 Å². The van der Waals surface area contributed by atoms with Crippen LogP contribution in [0.2, 0.25) is 0 Å². The molecule has 118 valence electrons. The lowest BCUT2D eigenvalue weighted by Gasteiger charge is -2.27. The highest BCUT2D eigenvalue weighted by Crippen LogP contribution is 2.39. The molecule has 3 heteroatoms. The average molecular weight is 298 g/mol. The highest BCUT2D eigenvalue weighted by molar-refractivity contribution is 5.77. The van der Waals surface area contributed by atoms with Crippen molar-refractivity contribution in [1.82, 2.24) is 4.90 Å². The third-order valence-electron chi connectivity index (χ3n) is 6.18. The molecule has 22 heavy (non-hydrogen) atoms. The Kier molecular flexibility index (Phi) is 3.69. The fraction of sp³-hybridized carbons (Fsp3) is 0.632. The quantitative estimate of drug-likeness (QED) is 0.912. The van der Waals surface area contributed by atoms with Crippen molar-refractivity contribution in [3.05, 3.63) is 35.4 Å². The Morgan fingerprint density at radius 2 is 2.05 bits per heavy atom. The Balaban J connectivity index is 1.43. The van der Waals surface area contributed by atoms with Crippen molar-refractivity contribution >= 4 is 5.91 Å². The van der Waals surface area contributed by atoms with Crippen LogP contribution in [0.4, 0.5) is 0 Å². The highest BCUT2D eigenvalue weighted by atomic mass is 16.2. The van der Waals surface area contributed by atoms with E-state index < -0.39 is 0 Å². The first-order chi connectivity index (χ1) is 10.7. The number of aryl methyl sites for hydroxylation is 1. The Labute approximate surface area is 132 Å². The predicted molar refractivity (Wildman–Crippen MR) is 87.5 cm³/mol. The van der Waals surface area contributed by atoms with Gasteiger partial charge in [0.25, 0.3) is 0 Å². The first-order valence-electron chi connectivity index (χ1n) is 8.83. The fourth-order valence-electron chi connectivity index (χ4n) is 4.92. The number of carbonyl (C=O) groups excluding carboxylic acids is 1. The maximum absolute atomic E-state index is 12.7. The molecule has 0 aromatic heterocycles. The van der Waals surface area contributed by atoms with Crippen LogP contribution in [0.3, 0.4) is 0 Å². The van der Waals surface area contributed by atoms with Gasteiger partial charge in [-0.1, -0.05) is 24.3 Å². The predicted octanol–water partition coefficient (Wildman–Crippen LogP) is 2.69. The minimum atomic E-state index is 0.318. The van der Waals surface area contributed by atoms with Gasteiger partial charge in [-0.15, -0.1) is 0 Å². The molecule has 2 N–H and O–H groups in total. The van der Waals surface area contributed by atoms with Gasteiger partial charge in [0.1, 0.15) is 0 Å². The van der Waals surface area contributed by atoms with Gasteiger partial charge in [-0.2, -0.15) is 0 Å². The van der Waals surface area contributed by atoms with Gasteiger partial charge in [0.05, 0.1) is 0 Å². The molecule has 2 fully saturated rings. The van der Waals surface area contributed by atoms with E-state index in [1.54, 1.807) is 0 Å². The van der Waals surface area contributed by atoms with Crippen LogP contribution in [0.1, 0.15) is 49.1 Å². The molecule has 1 aromatic rings. The topological polar surface area (TPSA) is 46.3 Å². The Morgan fingerprint density at radius 3 is 2.91 bits per heavy atom. The number of amides is 1. The van der Waals surface area contributed by atoms with Crippen LogP contribution < -0.4 is 5.73 Å². The minimum absolute atomic E-state index is 0.318. The summed E-state index contributed by atoms with van der Waals surface area (Å²) in [4.78, 5) is 14.8. The first-order valence-corrected chi connectivity index (χ1v) is 8.83. The van der Waals surface area contributed by atoms with Gasteiger partial charge in [0.2, 0.25) is 5.91 Å². The van der Waals surface area contributed by atoms with Crippen molar-refractivity contribution in [3.63, 3.8) is 0 Å². The van der Waals surface area contributed by atoms with Gasteiger partial charge < -0.3 is 10.6 Å². The molecule has 4 atom stereocenters. The lowest BCUT2D eigenvalue weighted by molar-refractivity contribution is -0.131. The molecule has 4 rings (SSSR count). The lowest BCUT2D eigenvalue weighted by atomic mass is 9.81. The van der Waals surface area contributed by atoms with Crippen molar-refractivity contribution in [2.75, 3.05) is 13.1 Å². The van der Waals surface area contributed by atoms with Crippen LogP contribution in [0.15, 0.2) is 24.3 Å². The van der Waals surface area contributed by atoms with E-state index in [1.165, 1.54) is 30.4 Å². The Morgan fingerprint density at radius 1 is 1.18 bits per heavy atom. The molecular weight excluding hydrogens is 272 g/mol. The molecule has 1 amide bonds. The van der Waals surface area contributed by atoms with Crippen LogP contribution in [0.25, 0.3) is 0 Å². The zero-order chi connectivity index (χ0) is 15.1. The average Bonchev–Trinajstić information content (AvgIpc) is 3.10. The van der Waals surface area contributed by atoms with Gasteiger partial charge in [0.15, 0.2) is 0 Å². The second-order valence-electron chi connectivity index (χ2n) is 7.46. The summed E-state index contributed by atoms with van der Waals surface area (Å²) in [5, 5.41) is 0. The largest absolute Gasteiger partial charge is 0.342 e. The summed E-state index contributed by atoms with van der Waals surface area (Å²) in [6, 6.07) is 9.00. The summed E-state index contributed by atoms with van der Waals surface area (Å²) in [6.45, 7) is 1.85. The molecule has 1 saturated heterocycles. The van der Waals surface area contributed by atoms with Gasteiger partial charge in [-0.05, 0) is 61.0 Å². The lowest BCUT2D eigenvalue weighted by Crippen LogP contribution is -2.34. The number of fused-ring (bicyclic) bond motifs is 2. The summed E-state index contributed by atoms with van der Waals surface area (Å²) in [5.41, 5.74) is 9.06. The van der Waals surface area contributed by atoms with E-state index in [0.717, 1.165) is 25.9 Å². The van der Waals surface area contributed by atoms with E-state index >= 15 is 0 Å². The van der Waals surface area contributed by atoms with Gasteiger partial charge in [-0.3, -0.25) is 4.79 Å². The van der Waals surface area contributed by atoms with Crippen molar-refractivity contribution in [1.29, 1.82) is 0 Å². The van der Waals surface area contributed by atoms with E-state index in [9.17, 15) is 4.79 Å². The van der Waals surface area contributed by atoms with Gasteiger partial charge in [-0.25, -0.2) is 0 Å². The summed E-state index contributed by atoms with van der Waals surface area (Å²) in [7, 11) is 0. The SMILES string of the molecule is NC1CCC2CN(C(=O)CC3CCCc4ccccc43)CC12. The van der Waals surface area contributed by atoms with E-state index in [1.807, 2.05) is 0 Å². The molecule has 2 aliphatic carbocycles. The van der Waals surface area contributed by atoms with Crippen LogP contribution in [-0.4, -0.2) is 29.9 Å². The Hall–Kier alpha value is -1.35. The third-order valence-corrected chi connectivity index (χ3v) is 6.18. The molecule has 3 aliphatic rings. The number of carbonyl (C=O) groups is 1. The van der Waals surface area contributed by atoms with Crippen molar-refractivity contribution < 1.29 is 4.79 Å². The van der Waals surface area contributed by atoms with Crippen molar-refractivity contribution in [2.45, 2.75) is 50.5 Å². The molecule has 0 spiro atoms. The maximum Gasteiger partial charge on any atom is 0.223 e. The molecule has 1 heterocycles. The second kappa shape index (κ2) is 5.69. The second-order valence-corrected chi connectivity index (χ2v) is 7.46. The summed E-state index contributed by atoms with van der Waals surface area (Å²) in [6.07, 6.45) is 6.58. The summed E-state index contributed by atoms with van der Waals surface area (Å²) < 4.78 is 0. The molecule has 1 saturated carbocycles. The smallest absolute Gasteiger partial charge is 0.223 e. The number of hydrogen-bond acceptors (Lipinski definition) is 2. The molecular formula is C19H26N2O. The van der Waals surface area contributed by atoms with Crippen LogP contribution in [0.5, 0.6) is 0 Å². The summed E-state index contributed by atoms with van der Waals surface area (Å²) >= 11 is 0. The number of rotatable bonds is 2.